The van der Waals surface area contributed by atoms with Crippen molar-refractivity contribution in [2.45, 2.75) is 62.7 Å². The van der Waals surface area contributed by atoms with Crippen LogP contribution in [0.3, 0.4) is 0 Å². The number of thioether (sulfide) groups is 1. The molecule has 106 valence electrons. The van der Waals surface area contributed by atoms with Crippen LogP contribution < -0.4 is 5.73 Å². The van der Waals surface area contributed by atoms with Gasteiger partial charge in [0.25, 0.3) is 0 Å². The van der Waals surface area contributed by atoms with Crippen molar-refractivity contribution in [3.8, 4) is 0 Å². The van der Waals surface area contributed by atoms with E-state index in [4.69, 9.17) is 10.3 Å². The fraction of sp³-hybridized carbons (Fsp3) is 0.857. The number of hydrogen-bond acceptors (Lipinski definition) is 5. The molecule has 1 aromatic rings. The van der Waals surface area contributed by atoms with Crippen molar-refractivity contribution in [3.63, 3.8) is 0 Å². The highest BCUT2D eigenvalue weighted by atomic mass is 32.2. The Labute approximate surface area is 118 Å². The van der Waals surface area contributed by atoms with E-state index in [1.165, 1.54) is 31.4 Å². The SMILES string of the molecule is CC1CCC(N)(c2noc(C3CCCCS3)n2)CC1. The van der Waals surface area contributed by atoms with Crippen LogP contribution in [0.25, 0.3) is 0 Å². The van der Waals surface area contributed by atoms with E-state index in [-0.39, 0.29) is 5.54 Å². The van der Waals surface area contributed by atoms with Gasteiger partial charge in [-0.25, -0.2) is 0 Å². The highest BCUT2D eigenvalue weighted by molar-refractivity contribution is 7.99. The highest BCUT2D eigenvalue weighted by Gasteiger charge is 2.37. The maximum atomic E-state index is 6.49. The van der Waals surface area contributed by atoms with Crippen molar-refractivity contribution in [3.05, 3.63) is 11.7 Å². The molecule has 1 unspecified atom stereocenters. The van der Waals surface area contributed by atoms with Gasteiger partial charge < -0.3 is 10.3 Å². The first-order chi connectivity index (χ1) is 9.17. The Bertz CT molecular complexity index is 420. The number of hydrogen-bond donors (Lipinski definition) is 1. The molecule has 1 saturated carbocycles. The number of rotatable bonds is 2. The van der Waals surface area contributed by atoms with E-state index >= 15 is 0 Å². The van der Waals surface area contributed by atoms with Crippen LogP contribution >= 0.6 is 11.8 Å². The highest BCUT2D eigenvalue weighted by Crippen LogP contribution is 2.40. The van der Waals surface area contributed by atoms with Crippen LogP contribution in [-0.2, 0) is 5.54 Å². The Morgan fingerprint density at radius 2 is 2.05 bits per heavy atom. The molecule has 5 heteroatoms. The first-order valence-electron chi connectivity index (χ1n) is 7.42. The summed E-state index contributed by atoms with van der Waals surface area (Å²) in [5.41, 5.74) is 6.14. The van der Waals surface area contributed by atoms with E-state index < -0.39 is 0 Å². The molecule has 2 aliphatic rings. The van der Waals surface area contributed by atoms with E-state index in [0.29, 0.717) is 5.25 Å². The minimum Gasteiger partial charge on any atom is -0.338 e. The molecule has 0 radical (unpaired) electrons. The average molecular weight is 281 g/mol. The zero-order chi connectivity index (χ0) is 13.3. The van der Waals surface area contributed by atoms with Gasteiger partial charge in [0, 0.05) is 0 Å². The fourth-order valence-corrected chi connectivity index (χ4v) is 4.23. The molecule has 0 spiro atoms. The first kappa shape index (κ1) is 13.4. The van der Waals surface area contributed by atoms with Gasteiger partial charge in [-0.2, -0.15) is 4.98 Å². The van der Waals surface area contributed by atoms with Crippen molar-refractivity contribution in [2.75, 3.05) is 5.75 Å². The molecule has 0 bridgehead atoms. The molecule has 1 aliphatic carbocycles. The van der Waals surface area contributed by atoms with Crippen LogP contribution in [0.15, 0.2) is 4.52 Å². The van der Waals surface area contributed by atoms with Gasteiger partial charge in [0.05, 0.1) is 10.8 Å². The molecule has 3 rings (SSSR count). The number of nitrogens with zero attached hydrogens (tertiary/aromatic N) is 2. The lowest BCUT2D eigenvalue weighted by Crippen LogP contribution is -2.41. The molecule has 1 atom stereocenters. The van der Waals surface area contributed by atoms with Crippen LogP contribution in [0.2, 0.25) is 0 Å². The van der Waals surface area contributed by atoms with Gasteiger partial charge in [0.1, 0.15) is 0 Å². The zero-order valence-electron chi connectivity index (χ0n) is 11.6. The van der Waals surface area contributed by atoms with Crippen LogP contribution in [0.5, 0.6) is 0 Å². The van der Waals surface area contributed by atoms with Gasteiger partial charge in [0.2, 0.25) is 5.89 Å². The summed E-state index contributed by atoms with van der Waals surface area (Å²) in [7, 11) is 0. The van der Waals surface area contributed by atoms with Crippen molar-refractivity contribution in [1.82, 2.24) is 10.1 Å². The molecular formula is C14H23N3OS. The molecule has 2 fully saturated rings. The Hall–Kier alpha value is -0.550. The third-order valence-electron chi connectivity index (χ3n) is 4.51. The average Bonchev–Trinajstić information content (AvgIpc) is 2.94. The second-order valence-electron chi connectivity index (χ2n) is 6.15. The number of nitrogens with two attached hydrogens (primary N) is 1. The predicted molar refractivity (Wildman–Crippen MR) is 76.8 cm³/mol. The standard InChI is InChI=1S/C14H23N3OS/c1-10-5-7-14(15,8-6-10)13-16-12(18-17-13)11-4-2-3-9-19-11/h10-11H,2-9,15H2,1H3. The van der Waals surface area contributed by atoms with Crippen LogP contribution in [-0.4, -0.2) is 15.9 Å². The third-order valence-corrected chi connectivity index (χ3v) is 5.87. The van der Waals surface area contributed by atoms with Gasteiger partial charge in [-0.05, 0) is 50.2 Å². The maximum absolute atomic E-state index is 6.49. The molecule has 2 heterocycles. The topological polar surface area (TPSA) is 64.9 Å². The van der Waals surface area contributed by atoms with Gasteiger partial charge in [-0.3, -0.25) is 0 Å². The summed E-state index contributed by atoms with van der Waals surface area (Å²) in [5, 5.41) is 4.58. The van der Waals surface area contributed by atoms with Gasteiger partial charge in [-0.15, -0.1) is 11.8 Å². The van der Waals surface area contributed by atoms with Crippen molar-refractivity contribution < 1.29 is 4.52 Å². The van der Waals surface area contributed by atoms with Gasteiger partial charge >= 0.3 is 0 Å². The van der Waals surface area contributed by atoms with E-state index in [9.17, 15) is 0 Å². The first-order valence-corrected chi connectivity index (χ1v) is 8.47. The minimum absolute atomic E-state index is 0.354. The molecule has 2 N–H and O–H groups in total. The van der Waals surface area contributed by atoms with Gasteiger partial charge in [0.15, 0.2) is 5.82 Å². The predicted octanol–water partition coefficient (Wildman–Crippen LogP) is 3.39. The Morgan fingerprint density at radius 1 is 1.26 bits per heavy atom. The van der Waals surface area contributed by atoms with Crippen molar-refractivity contribution in [2.24, 2.45) is 11.7 Å². The third kappa shape index (κ3) is 2.82. The molecule has 1 saturated heterocycles. The van der Waals surface area contributed by atoms with E-state index in [1.807, 2.05) is 11.8 Å². The second-order valence-corrected chi connectivity index (χ2v) is 7.46. The lowest BCUT2D eigenvalue weighted by atomic mass is 9.77. The van der Waals surface area contributed by atoms with E-state index in [2.05, 4.69) is 17.1 Å². The van der Waals surface area contributed by atoms with Crippen molar-refractivity contribution in [1.29, 1.82) is 0 Å². The summed E-state index contributed by atoms with van der Waals surface area (Å²) in [6, 6.07) is 0. The lowest BCUT2D eigenvalue weighted by Gasteiger charge is -2.33. The normalized spacial score (nSPS) is 36.3. The molecule has 0 amide bonds. The molecule has 1 aliphatic heterocycles. The van der Waals surface area contributed by atoms with Crippen LogP contribution in [0.1, 0.15) is 68.8 Å². The summed E-state index contributed by atoms with van der Waals surface area (Å²) in [4.78, 5) is 4.63. The monoisotopic (exact) mass is 281 g/mol. The summed E-state index contributed by atoms with van der Waals surface area (Å²) < 4.78 is 5.49. The molecular weight excluding hydrogens is 258 g/mol. The Morgan fingerprint density at radius 3 is 2.74 bits per heavy atom. The van der Waals surface area contributed by atoms with Crippen LogP contribution in [0.4, 0.5) is 0 Å². The quantitative estimate of drug-likeness (QED) is 0.900. The fourth-order valence-electron chi connectivity index (χ4n) is 3.00. The van der Waals surface area contributed by atoms with E-state index in [1.54, 1.807) is 0 Å². The largest absolute Gasteiger partial charge is 0.338 e. The van der Waals surface area contributed by atoms with Crippen LogP contribution in [0, 0.1) is 5.92 Å². The number of aromatic nitrogens is 2. The lowest BCUT2D eigenvalue weighted by molar-refractivity contribution is 0.230. The summed E-state index contributed by atoms with van der Waals surface area (Å²) in [5.74, 6) is 3.51. The smallest absolute Gasteiger partial charge is 0.239 e. The Kier molecular flexibility index (Phi) is 3.85. The van der Waals surface area contributed by atoms with Crippen molar-refractivity contribution >= 4 is 11.8 Å². The summed E-state index contributed by atoms with van der Waals surface area (Å²) in [6.45, 7) is 2.29. The summed E-state index contributed by atoms with van der Waals surface area (Å²) in [6.07, 6.45) is 8.01. The molecule has 4 nitrogen and oxygen atoms in total. The van der Waals surface area contributed by atoms with Gasteiger partial charge in [-0.1, -0.05) is 18.5 Å². The summed E-state index contributed by atoms with van der Waals surface area (Å²) >= 11 is 1.94. The second kappa shape index (κ2) is 5.44. The maximum Gasteiger partial charge on any atom is 0.239 e. The van der Waals surface area contributed by atoms with E-state index in [0.717, 1.165) is 36.9 Å². The molecule has 0 aromatic carbocycles. The molecule has 1 aromatic heterocycles. The molecule has 19 heavy (non-hydrogen) atoms. The minimum atomic E-state index is -0.354. The Balaban J connectivity index is 1.73. The zero-order valence-corrected chi connectivity index (χ0v) is 12.4.